The highest BCUT2D eigenvalue weighted by molar-refractivity contribution is 9.10. The molecule has 74 valence electrons. The van der Waals surface area contributed by atoms with E-state index in [1.807, 2.05) is 12.3 Å². The van der Waals surface area contributed by atoms with Gasteiger partial charge in [-0.05, 0) is 34.5 Å². The molecule has 15 heavy (non-hydrogen) atoms. The maximum Gasteiger partial charge on any atom is 0.130 e. The third-order valence-electron chi connectivity index (χ3n) is 2.68. The van der Waals surface area contributed by atoms with Crippen molar-refractivity contribution < 1.29 is 0 Å². The highest BCUT2D eigenvalue weighted by atomic mass is 79.9. The van der Waals surface area contributed by atoms with Crippen molar-refractivity contribution in [3.8, 4) is 0 Å². The Morgan fingerprint density at radius 1 is 1.27 bits per heavy atom. The molecule has 0 atom stereocenters. The second-order valence-corrected chi connectivity index (χ2v) is 4.40. The zero-order valence-corrected chi connectivity index (χ0v) is 9.80. The Hall–Kier alpha value is -1.35. The number of benzene rings is 1. The Kier molecular flexibility index (Phi) is 1.83. The minimum Gasteiger partial charge on any atom is -0.352 e. The Morgan fingerprint density at radius 3 is 2.93 bits per heavy atom. The number of pyridine rings is 1. The molecule has 0 radical (unpaired) electrons. The molecule has 0 aliphatic heterocycles. The second-order valence-electron chi connectivity index (χ2n) is 3.65. The van der Waals surface area contributed by atoms with Crippen LogP contribution in [0, 0.1) is 6.92 Å². The minimum atomic E-state index is 0.874. The third-order valence-corrected chi connectivity index (χ3v) is 3.28. The lowest BCUT2D eigenvalue weighted by molar-refractivity contribution is 1.26. The molecule has 0 saturated carbocycles. The van der Waals surface area contributed by atoms with Crippen molar-refractivity contribution in [2.24, 2.45) is 0 Å². The van der Waals surface area contributed by atoms with Crippen LogP contribution in [-0.4, -0.2) is 9.97 Å². The van der Waals surface area contributed by atoms with Crippen molar-refractivity contribution in [1.29, 1.82) is 0 Å². The van der Waals surface area contributed by atoms with Crippen LogP contribution < -0.4 is 0 Å². The Morgan fingerprint density at radius 2 is 2.07 bits per heavy atom. The topological polar surface area (TPSA) is 28.7 Å². The van der Waals surface area contributed by atoms with Crippen molar-refractivity contribution in [3.63, 3.8) is 0 Å². The number of aryl methyl sites for hydroxylation is 1. The highest BCUT2D eigenvalue weighted by Gasteiger charge is 2.09. The van der Waals surface area contributed by atoms with Gasteiger partial charge >= 0.3 is 0 Å². The van der Waals surface area contributed by atoms with Gasteiger partial charge in [0.2, 0.25) is 0 Å². The quantitative estimate of drug-likeness (QED) is 0.613. The van der Waals surface area contributed by atoms with Crippen molar-refractivity contribution in [2.75, 3.05) is 0 Å². The maximum absolute atomic E-state index is 4.29. The van der Waals surface area contributed by atoms with Gasteiger partial charge in [0.25, 0.3) is 0 Å². The van der Waals surface area contributed by atoms with E-state index in [4.69, 9.17) is 0 Å². The van der Waals surface area contributed by atoms with Crippen molar-refractivity contribution in [3.05, 3.63) is 40.6 Å². The van der Waals surface area contributed by atoms with Crippen molar-refractivity contribution in [1.82, 2.24) is 9.97 Å². The molecule has 0 saturated heterocycles. The Bertz CT molecular complexity index is 655. The normalized spacial score (nSPS) is 11.3. The first-order valence-corrected chi connectivity index (χ1v) is 5.58. The van der Waals surface area contributed by atoms with E-state index in [9.17, 15) is 0 Å². The molecule has 0 aliphatic rings. The largest absolute Gasteiger partial charge is 0.352 e. The number of hydrogen-bond acceptors (Lipinski definition) is 1. The van der Waals surface area contributed by atoms with Crippen LogP contribution in [0.5, 0.6) is 0 Å². The van der Waals surface area contributed by atoms with E-state index in [-0.39, 0.29) is 0 Å². The molecule has 2 nitrogen and oxygen atoms in total. The van der Waals surface area contributed by atoms with Crippen LogP contribution in [0.2, 0.25) is 0 Å². The summed E-state index contributed by atoms with van der Waals surface area (Å²) in [5.74, 6) is 0. The van der Waals surface area contributed by atoms with Crippen LogP contribution in [0.3, 0.4) is 0 Å². The molecule has 0 spiro atoms. The predicted octanol–water partition coefficient (Wildman–Crippen LogP) is 3.79. The molecular formula is C12H9BrN2. The molecular weight excluding hydrogens is 252 g/mol. The summed E-state index contributed by atoms with van der Waals surface area (Å²) in [7, 11) is 0. The summed E-state index contributed by atoms with van der Waals surface area (Å²) in [5, 5.41) is 2.51. The number of para-hydroxylation sites is 1. The number of nitrogens with one attached hydrogen (secondary N) is 1. The summed E-state index contributed by atoms with van der Waals surface area (Å²) < 4.78 is 0.874. The zero-order chi connectivity index (χ0) is 10.4. The van der Waals surface area contributed by atoms with Crippen molar-refractivity contribution in [2.45, 2.75) is 6.92 Å². The third kappa shape index (κ3) is 1.20. The molecule has 0 aliphatic carbocycles. The monoisotopic (exact) mass is 260 g/mol. The molecule has 0 amide bonds. The van der Waals surface area contributed by atoms with Crippen LogP contribution in [0.4, 0.5) is 0 Å². The van der Waals surface area contributed by atoms with E-state index in [0.29, 0.717) is 0 Å². The number of fused-ring (bicyclic) bond motifs is 3. The standard InChI is InChI=1S/C12H9BrN2/c1-7-6-14-12(13)11-10(7)8-4-2-3-5-9(8)15-11/h2-6,15H,1H3. The second kappa shape index (κ2) is 3.07. The summed E-state index contributed by atoms with van der Waals surface area (Å²) in [5.41, 5.74) is 3.44. The minimum absolute atomic E-state index is 0.874. The van der Waals surface area contributed by atoms with Gasteiger partial charge in [-0.3, -0.25) is 0 Å². The fraction of sp³-hybridized carbons (Fsp3) is 0.0833. The number of hydrogen-bond donors (Lipinski definition) is 1. The van der Waals surface area contributed by atoms with Gasteiger partial charge in [-0.2, -0.15) is 0 Å². The van der Waals surface area contributed by atoms with Gasteiger partial charge in [-0.25, -0.2) is 4.98 Å². The summed E-state index contributed by atoms with van der Waals surface area (Å²) >= 11 is 3.47. The number of aromatic amines is 1. The Labute approximate surface area is 95.5 Å². The molecule has 3 aromatic rings. The molecule has 0 unspecified atom stereocenters. The molecule has 2 heterocycles. The average molecular weight is 261 g/mol. The lowest BCUT2D eigenvalue weighted by Crippen LogP contribution is -1.81. The molecule has 3 rings (SSSR count). The van der Waals surface area contributed by atoms with Gasteiger partial charge in [-0.15, -0.1) is 0 Å². The molecule has 3 heteroatoms. The highest BCUT2D eigenvalue weighted by Crippen LogP contribution is 2.31. The number of nitrogens with zero attached hydrogens (tertiary/aromatic N) is 1. The summed E-state index contributed by atoms with van der Waals surface area (Å²) in [6, 6.07) is 8.31. The Balaban J connectivity index is 2.66. The first-order chi connectivity index (χ1) is 7.27. The van der Waals surface area contributed by atoms with E-state index in [0.717, 1.165) is 15.6 Å². The lowest BCUT2D eigenvalue weighted by Gasteiger charge is -1.97. The first kappa shape index (κ1) is 8.92. The summed E-state index contributed by atoms with van der Waals surface area (Å²) in [6.45, 7) is 2.09. The van der Waals surface area contributed by atoms with Gasteiger partial charge < -0.3 is 4.98 Å². The summed E-state index contributed by atoms with van der Waals surface area (Å²) in [6.07, 6.45) is 1.90. The van der Waals surface area contributed by atoms with E-state index in [1.54, 1.807) is 0 Å². The smallest absolute Gasteiger partial charge is 0.130 e. The molecule has 0 fully saturated rings. The maximum atomic E-state index is 4.29. The first-order valence-electron chi connectivity index (χ1n) is 4.79. The fourth-order valence-electron chi connectivity index (χ4n) is 1.99. The fourth-order valence-corrected chi connectivity index (χ4v) is 2.39. The molecule has 1 N–H and O–H groups in total. The lowest BCUT2D eigenvalue weighted by atomic mass is 10.1. The average Bonchev–Trinajstić information content (AvgIpc) is 2.64. The number of rotatable bonds is 0. The van der Waals surface area contributed by atoms with Gasteiger partial charge in [0, 0.05) is 22.5 Å². The van der Waals surface area contributed by atoms with E-state index < -0.39 is 0 Å². The number of H-pyrrole nitrogens is 1. The van der Waals surface area contributed by atoms with Crippen LogP contribution in [0.15, 0.2) is 35.1 Å². The molecule has 0 bridgehead atoms. The van der Waals surface area contributed by atoms with E-state index in [1.165, 1.54) is 16.3 Å². The molecule has 1 aromatic carbocycles. The van der Waals surface area contributed by atoms with Crippen LogP contribution >= 0.6 is 15.9 Å². The van der Waals surface area contributed by atoms with Gasteiger partial charge in [0.05, 0.1) is 5.52 Å². The number of halogens is 1. The van der Waals surface area contributed by atoms with Gasteiger partial charge in [0.1, 0.15) is 4.60 Å². The van der Waals surface area contributed by atoms with Crippen molar-refractivity contribution >= 4 is 37.7 Å². The van der Waals surface area contributed by atoms with Gasteiger partial charge in [-0.1, -0.05) is 18.2 Å². The summed E-state index contributed by atoms with van der Waals surface area (Å²) in [4.78, 5) is 7.67. The van der Waals surface area contributed by atoms with Crippen LogP contribution in [0.1, 0.15) is 5.56 Å². The predicted molar refractivity (Wildman–Crippen MR) is 66.0 cm³/mol. The SMILES string of the molecule is Cc1cnc(Br)c2[nH]c3ccccc3c12. The number of aromatic nitrogens is 2. The van der Waals surface area contributed by atoms with Crippen LogP contribution in [-0.2, 0) is 0 Å². The zero-order valence-electron chi connectivity index (χ0n) is 8.21. The van der Waals surface area contributed by atoms with Crippen LogP contribution in [0.25, 0.3) is 21.8 Å². The van der Waals surface area contributed by atoms with Gasteiger partial charge in [0.15, 0.2) is 0 Å². The van der Waals surface area contributed by atoms with E-state index in [2.05, 4.69) is 51.0 Å². The van der Waals surface area contributed by atoms with E-state index >= 15 is 0 Å². The molecule has 2 aromatic heterocycles.